The zero-order valence-corrected chi connectivity index (χ0v) is 25.0. The molecule has 3 aromatic carbocycles. The zero-order chi connectivity index (χ0) is 26.9. The van der Waals surface area contributed by atoms with Gasteiger partial charge >= 0.3 is 0 Å². The van der Waals surface area contributed by atoms with E-state index in [2.05, 4.69) is 109 Å². The maximum absolute atomic E-state index is 6.43. The third kappa shape index (κ3) is 6.77. The van der Waals surface area contributed by atoms with Crippen LogP contribution in [-0.2, 0) is 10.7 Å². The minimum absolute atomic E-state index is 0.364. The Labute approximate surface area is 238 Å². The van der Waals surface area contributed by atoms with Crippen LogP contribution in [0.1, 0.15) is 27.8 Å². The van der Waals surface area contributed by atoms with Gasteiger partial charge in [-0.25, -0.2) is 0 Å². The third-order valence-corrected chi connectivity index (χ3v) is 6.97. The number of alkyl halides is 2. The molecule has 0 unspecified atom stereocenters. The van der Waals surface area contributed by atoms with Crippen molar-refractivity contribution >= 4 is 31.9 Å². The Hall–Kier alpha value is -2.76. The SMILES string of the molecule is C=CCOc1c(CBr)cc(C)cc1-c1cc(C)cc(-c2cc(C)cc(CBr)c2OCC=C)c1OCC=C. The molecule has 0 aliphatic carbocycles. The second-order valence-electron chi connectivity index (χ2n) is 8.86. The van der Waals surface area contributed by atoms with Gasteiger partial charge in [0.2, 0.25) is 0 Å². The normalized spacial score (nSPS) is 10.6. The highest BCUT2D eigenvalue weighted by Gasteiger charge is 2.23. The number of halogens is 2. The van der Waals surface area contributed by atoms with Gasteiger partial charge in [-0.1, -0.05) is 82.0 Å². The number of rotatable bonds is 13. The van der Waals surface area contributed by atoms with Gasteiger partial charge in [-0.2, -0.15) is 0 Å². The molecule has 0 heterocycles. The predicted molar refractivity (Wildman–Crippen MR) is 164 cm³/mol. The molecule has 37 heavy (non-hydrogen) atoms. The lowest BCUT2D eigenvalue weighted by molar-refractivity contribution is 0.356. The monoisotopic (exact) mass is 624 g/mol. The lowest BCUT2D eigenvalue weighted by atomic mass is 9.91. The first-order valence-electron chi connectivity index (χ1n) is 12.1. The van der Waals surface area contributed by atoms with E-state index in [4.69, 9.17) is 14.2 Å². The molecule has 0 amide bonds. The van der Waals surface area contributed by atoms with Crippen molar-refractivity contribution in [2.45, 2.75) is 31.4 Å². The Morgan fingerprint density at radius 1 is 0.541 bits per heavy atom. The van der Waals surface area contributed by atoms with Crippen LogP contribution < -0.4 is 14.2 Å². The molecule has 0 aliphatic heterocycles. The molecule has 0 aliphatic rings. The molecule has 194 valence electrons. The standard InChI is InChI=1S/C32H34Br2O3/c1-7-10-35-30-24(19-33)13-21(4)15-26(30)28-17-23(6)18-29(32(28)37-12-9-3)27-16-22(5)14-25(20-34)31(27)36-11-8-2/h7-9,13-18H,1-3,10-12,19-20H2,4-6H3. The number of benzene rings is 3. The predicted octanol–water partition coefficient (Wildman–Crippen LogP) is 9.43. The Morgan fingerprint density at radius 3 is 1.16 bits per heavy atom. The summed E-state index contributed by atoms with van der Waals surface area (Å²) < 4.78 is 18.9. The van der Waals surface area contributed by atoms with E-state index in [1.54, 1.807) is 18.2 Å². The number of aryl methyl sites for hydroxylation is 3. The summed E-state index contributed by atoms with van der Waals surface area (Å²) in [7, 11) is 0. The number of ether oxygens (including phenoxy) is 3. The lowest BCUT2D eigenvalue weighted by Crippen LogP contribution is -2.05. The van der Waals surface area contributed by atoms with E-state index in [9.17, 15) is 0 Å². The Kier molecular flexibility index (Phi) is 10.7. The van der Waals surface area contributed by atoms with Crippen LogP contribution in [0.3, 0.4) is 0 Å². The summed E-state index contributed by atoms with van der Waals surface area (Å²) in [5.74, 6) is 2.39. The Bertz CT molecular complexity index is 1200. The van der Waals surface area contributed by atoms with E-state index in [1.807, 2.05) is 0 Å². The Balaban J connectivity index is 2.43. The van der Waals surface area contributed by atoms with Gasteiger partial charge in [0.15, 0.2) is 0 Å². The van der Waals surface area contributed by atoms with Crippen LogP contribution in [0.4, 0.5) is 0 Å². The minimum atomic E-state index is 0.364. The van der Waals surface area contributed by atoms with Gasteiger partial charge in [-0.3, -0.25) is 0 Å². The van der Waals surface area contributed by atoms with Crippen molar-refractivity contribution in [2.24, 2.45) is 0 Å². The minimum Gasteiger partial charge on any atom is -0.489 e. The molecule has 0 saturated heterocycles. The largest absolute Gasteiger partial charge is 0.489 e. The van der Waals surface area contributed by atoms with Crippen molar-refractivity contribution in [1.29, 1.82) is 0 Å². The van der Waals surface area contributed by atoms with Gasteiger partial charge in [0.05, 0.1) is 0 Å². The fourth-order valence-electron chi connectivity index (χ4n) is 4.39. The molecule has 0 atom stereocenters. The highest BCUT2D eigenvalue weighted by molar-refractivity contribution is 9.08. The van der Waals surface area contributed by atoms with Gasteiger partial charge in [0.25, 0.3) is 0 Å². The van der Waals surface area contributed by atoms with E-state index in [0.29, 0.717) is 30.5 Å². The molecular weight excluding hydrogens is 592 g/mol. The first-order valence-corrected chi connectivity index (χ1v) is 14.4. The maximum Gasteiger partial charge on any atom is 0.135 e. The molecule has 3 rings (SSSR count). The van der Waals surface area contributed by atoms with Gasteiger partial charge in [0, 0.05) is 44.0 Å². The van der Waals surface area contributed by atoms with Crippen LogP contribution in [0.15, 0.2) is 74.4 Å². The van der Waals surface area contributed by atoms with E-state index in [1.165, 1.54) is 0 Å². The highest BCUT2D eigenvalue weighted by atomic mass is 79.9. The van der Waals surface area contributed by atoms with E-state index in [-0.39, 0.29) is 0 Å². The van der Waals surface area contributed by atoms with Crippen LogP contribution >= 0.6 is 31.9 Å². The fraction of sp³-hybridized carbons (Fsp3) is 0.250. The van der Waals surface area contributed by atoms with Gasteiger partial charge in [-0.05, 0) is 61.7 Å². The molecule has 0 bridgehead atoms. The molecule has 0 N–H and O–H groups in total. The van der Waals surface area contributed by atoms with Crippen LogP contribution in [0.5, 0.6) is 17.2 Å². The first kappa shape index (κ1) is 28.8. The van der Waals surface area contributed by atoms with Crippen molar-refractivity contribution in [1.82, 2.24) is 0 Å². The quantitative estimate of drug-likeness (QED) is 0.140. The fourth-order valence-corrected chi connectivity index (χ4v) is 5.22. The molecule has 3 nitrogen and oxygen atoms in total. The van der Waals surface area contributed by atoms with E-state index >= 15 is 0 Å². The molecule has 0 radical (unpaired) electrons. The summed E-state index contributed by atoms with van der Waals surface area (Å²) >= 11 is 7.29. The topological polar surface area (TPSA) is 27.7 Å². The average molecular weight is 626 g/mol. The molecular formula is C32H34Br2O3. The molecule has 0 aromatic heterocycles. The van der Waals surface area contributed by atoms with Crippen molar-refractivity contribution in [3.8, 4) is 39.5 Å². The number of hydrogen-bond acceptors (Lipinski definition) is 3. The van der Waals surface area contributed by atoms with Gasteiger partial charge in [-0.15, -0.1) is 0 Å². The average Bonchev–Trinajstić information content (AvgIpc) is 2.89. The molecule has 0 saturated carbocycles. The first-order chi connectivity index (χ1) is 17.9. The van der Waals surface area contributed by atoms with Crippen LogP contribution in [0.25, 0.3) is 22.3 Å². The second kappa shape index (κ2) is 13.7. The van der Waals surface area contributed by atoms with Crippen LogP contribution in [0, 0.1) is 20.8 Å². The molecule has 3 aromatic rings. The van der Waals surface area contributed by atoms with E-state index < -0.39 is 0 Å². The second-order valence-corrected chi connectivity index (χ2v) is 9.98. The third-order valence-electron chi connectivity index (χ3n) is 5.76. The zero-order valence-electron chi connectivity index (χ0n) is 21.8. The van der Waals surface area contributed by atoms with E-state index in [0.717, 1.165) is 67.3 Å². The van der Waals surface area contributed by atoms with Crippen molar-refractivity contribution in [3.63, 3.8) is 0 Å². The maximum atomic E-state index is 6.43. The van der Waals surface area contributed by atoms with Crippen molar-refractivity contribution in [3.05, 3.63) is 102 Å². The molecule has 0 fully saturated rings. The van der Waals surface area contributed by atoms with Crippen molar-refractivity contribution < 1.29 is 14.2 Å². The van der Waals surface area contributed by atoms with Gasteiger partial charge < -0.3 is 14.2 Å². The summed E-state index contributed by atoms with van der Waals surface area (Å²) in [4.78, 5) is 0. The van der Waals surface area contributed by atoms with Crippen molar-refractivity contribution in [2.75, 3.05) is 19.8 Å². The molecule has 0 spiro atoms. The Morgan fingerprint density at radius 2 is 0.838 bits per heavy atom. The smallest absolute Gasteiger partial charge is 0.135 e. The van der Waals surface area contributed by atoms with Gasteiger partial charge in [0.1, 0.15) is 37.1 Å². The summed E-state index contributed by atoms with van der Waals surface area (Å²) in [6, 6.07) is 12.9. The molecule has 5 heteroatoms. The summed E-state index contributed by atoms with van der Waals surface area (Å²) in [6.07, 6.45) is 5.28. The lowest BCUT2D eigenvalue weighted by Gasteiger charge is -2.23. The van der Waals surface area contributed by atoms with Crippen LogP contribution in [0.2, 0.25) is 0 Å². The van der Waals surface area contributed by atoms with Crippen LogP contribution in [-0.4, -0.2) is 19.8 Å². The summed E-state index contributed by atoms with van der Waals surface area (Å²) in [5, 5.41) is 1.34. The summed E-state index contributed by atoms with van der Waals surface area (Å²) in [6.45, 7) is 19.0. The number of hydrogen-bond donors (Lipinski definition) is 0. The summed E-state index contributed by atoms with van der Waals surface area (Å²) in [5.41, 5.74) is 9.38. The highest BCUT2D eigenvalue weighted by Crippen LogP contribution is 2.48.